The van der Waals surface area contributed by atoms with Crippen molar-refractivity contribution in [3.63, 3.8) is 0 Å². The van der Waals surface area contributed by atoms with Crippen LogP contribution < -0.4 is 5.32 Å². The first-order valence-electron chi connectivity index (χ1n) is 5.89. The molecular weight excluding hydrogens is 208 g/mol. The SMILES string of the molecule is CC(NC(=O)N1CCC[C@@H]1C(=O)O)C1CC1. The number of hydrogen-bond acceptors (Lipinski definition) is 2. The molecule has 2 N–H and O–H groups in total. The standard InChI is InChI=1S/C11H18N2O3/c1-7(8-4-5-8)12-11(16)13-6-2-3-9(13)10(14)15/h7-9H,2-6H2,1H3,(H,12,16)(H,14,15)/t7?,9-/m1/s1. The zero-order chi connectivity index (χ0) is 11.7. The highest BCUT2D eigenvalue weighted by molar-refractivity contribution is 5.83. The molecule has 1 aliphatic heterocycles. The number of urea groups is 1. The number of carboxylic acids is 1. The molecule has 2 fully saturated rings. The van der Waals surface area contributed by atoms with E-state index in [-0.39, 0.29) is 12.1 Å². The summed E-state index contributed by atoms with van der Waals surface area (Å²) in [7, 11) is 0. The Morgan fingerprint density at radius 3 is 2.62 bits per heavy atom. The minimum Gasteiger partial charge on any atom is -0.480 e. The van der Waals surface area contributed by atoms with Gasteiger partial charge in [0.25, 0.3) is 0 Å². The molecule has 5 nitrogen and oxygen atoms in total. The number of nitrogens with zero attached hydrogens (tertiary/aromatic N) is 1. The van der Waals surface area contributed by atoms with Crippen LogP contribution in [0.4, 0.5) is 4.79 Å². The highest BCUT2D eigenvalue weighted by Crippen LogP contribution is 2.32. The molecule has 1 heterocycles. The van der Waals surface area contributed by atoms with Crippen LogP contribution in [0.2, 0.25) is 0 Å². The van der Waals surface area contributed by atoms with Crippen LogP contribution >= 0.6 is 0 Å². The molecule has 5 heteroatoms. The molecule has 0 spiro atoms. The molecule has 0 bridgehead atoms. The van der Waals surface area contributed by atoms with Crippen molar-refractivity contribution in [3.8, 4) is 0 Å². The van der Waals surface area contributed by atoms with Crippen LogP contribution in [0.3, 0.4) is 0 Å². The molecule has 1 unspecified atom stereocenters. The van der Waals surface area contributed by atoms with Gasteiger partial charge in [-0.15, -0.1) is 0 Å². The second kappa shape index (κ2) is 4.31. The lowest BCUT2D eigenvalue weighted by Gasteiger charge is -2.24. The van der Waals surface area contributed by atoms with Crippen LogP contribution in [0, 0.1) is 5.92 Å². The number of amides is 2. The minimum atomic E-state index is -0.897. The third-order valence-corrected chi connectivity index (χ3v) is 3.48. The van der Waals surface area contributed by atoms with Gasteiger partial charge in [-0.3, -0.25) is 0 Å². The molecular formula is C11H18N2O3. The van der Waals surface area contributed by atoms with Gasteiger partial charge < -0.3 is 15.3 Å². The van der Waals surface area contributed by atoms with Crippen LogP contribution in [-0.2, 0) is 4.79 Å². The summed E-state index contributed by atoms with van der Waals surface area (Å²) >= 11 is 0. The number of nitrogens with one attached hydrogen (secondary N) is 1. The van der Waals surface area contributed by atoms with Crippen LogP contribution in [-0.4, -0.2) is 40.6 Å². The van der Waals surface area contributed by atoms with Crippen LogP contribution in [0.15, 0.2) is 0 Å². The second-order valence-corrected chi connectivity index (χ2v) is 4.77. The summed E-state index contributed by atoms with van der Waals surface area (Å²) in [5, 5.41) is 11.9. The lowest BCUT2D eigenvalue weighted by molar-refractivity contribution is -0.141. The van der Waals surface area contributed by atoms with Crippen molar-refractivity contribution < 1.29 is 14.7 Å². The fraction of sp³-hybridized carbons (Fsp3) is 0.818. The van der Waals surface area contributed by atoms with Crippen molar-refractivity contribution in [1.29, 1.82) is 0 Å². The molecule has 2 aliphatic rings. The highest BCUT2D eigenvalue weighted by atomic mass is 16.4. The summed E-state index contributed by atoms with van der Waals surface area (Å²) in [6.45, 7) is 2.54. The zero-order valence-electron chi connectivity index (χ0n) is 9.48. The Hall–Kier alpha value is -1.26. The van der Waals surface area contributed by atoms with Gasteiger partial charge in [-0.25, -0.2) is 9.59 Å². The second-order valence-electron chi connectivity index (χ2n) is 4.77. The molecule has 1 saturated carbocycles. The predicted octanol–water partition coefficient (Wildman–Crippen LogP) is 1.04. The smallest absolute Gasteiger partial charge is 0.326 e. The third kappa shape index (κ3) is 2.28. The molecule has 0 radical (unpaired) electrons. The molecule has 2 atom stereocenters. The Morgan fingerprint density at radius 1 is 1.38 bits per heavy atom. The van der Waals surface area contributed by atoms with E-state index < -0.39 is 12.0 Å². The molecule has 16 heavy (non-hydrogen) atoms. The van der Waals surface area contributed by atoms with Crippen molar-refractivity contribution in [2.75, 3.05) is 6.54 Å². The fourth-order valence-corrected chi connectivity index (χ4v) is 2.26. The summed E-state index contributed by atoms with van der Waals surface area (Å²) in [4.78, 5) is 24.2. The number of rotatable bonds is 3. The van der Waals surface area contributed by atoms with Gasteiger partial charge in [-0.2, -0.15) is 0 Å². The Balaban J connectivity index is 1.90. The first kappa shape index (κ1) is 11.2. The van der Waals surface area contributed by atoms with Gasteiger partial charge >= 0.3 is 12.0 Å². The van der Waals surface area contributed by atoms with Gasteiger partial charge in [-0.1, -0.05) is 0 Å². The van der Waals surface area contributed by atoms with Crippen molar-refractivity contribution in [1.82, 2.24) is 10.2 Å². The van der Waals surface area contributed by atoms with E-state index in [2.05, 4.69) is 5.32 Å². The van der Waals surface area contributed by atoms with E-state index in [1.807, 2.05) is 6.92 Å². The van der Waals surface area contributed by atoms with E-state index in [1.165, 1.54) is 17.7 Å². The summed E-state index contributed by atoms with van der Waals surface area (Å²) in [5.41, 5.74) is 0. The van der Waals surface area contributed by atoms with Gasteiger partial charge in [-0.05, 0) is 38.5 Å². The van der Waals surface area contributed by atoms with E-state index in [0.29, 0.717) is 18.9 Å². The van der Waals surface area contributed by atoms with E-state index >= 15 is 0 Å². The quantitative estimate of drug-likeness (QED) is 0.755. The molecule has 1 saturated heterocycles. The van der Waals surface area contributed by atoms with Gasteiger partial charge in [0.2, 0.25) is 0 Å². The van der Waals surface area contributed by atoms with Crippen LogP contribution in [0.1, 0.15) is 32.6 Å². The van der Waals surface area contributed by atoms with Crippen molar-refractivity contribution in [2.45, 2.75) is 44.7 Å². The summed E-state index contributed by atoms with van der Waals surface area (Å²) in [6, 6.07) is -0.682. The summed E-state index contributed by atoms with van der Waals surface area (Å²) < 4.78 is 0. The maximum absolute atomic E-state index is 11.9. The highest BCUT2D eigenvalue weighted by Gasteiger charge is 2.36. The summed E-state index contributed by atoms with van der Waals surface area (Å²) in [5.74, 6) is -0.304. The van der Waals surface area contributed by atoms with Crippen LogP contribution in [0.25, 0.3) is 0 Å². The zero-order valence-corrected chi connectivity index (χ0v) is 9.48. The molecule has 0 aromatic heterocycles. The molecule has 1 aliphatic carbocycles. The predicted molar refractivity (Wildman–Crippen MR) is 58.1 cm³/mol. The van der Waals surface area contributed by atoms with Gasteiger partial charge in [0.15, 0.2) is 0 Å². The molecule has 0 aromatic carbocycles. The largest absolute Gasteiger partial charge is 0.480 e. The Bertz CT molecular complexity index is 302. The number of carboxylic acid groups (broad SMARTS) is 1. The van der Waals surface area contributed by atoms with E-state index in [1.54, 1.807) is 0 Å². The van der Waals surface area contributed by atoms with E-state index in [9.17, 15) is 9.59 Å². The van der Waals surface area contributed by atoms with E-state index in [4.69, 9.17) is 5.11 Å². The Labute approximate surface area is 94.8 Å². The Morgan fingerprint density at radius 2 is 2.06 bits per heavy atom. The minimum absolute atomic E-state index is 0.169. The van der Waals surface area contributed by atoms with E-state index in [0.717, 1.165) is 6.42 Å². The number of carbonyl (C=O) groups is 2. The number of likely N-dealkylation sites (tertiary alicyclic amines) is 1. The average molecular weight is 226 g/mol. The normalized spacial score (nSPS) is 26.6. The van der Waals surface area contributed by atoms with Crippen molar-refractivity contribution in [3.05, 3.63) is 0 Å². The fourth-order valence-electron chi connectivity index (χ4n) is 2.26. The monoisotopic (exact) mass is 226 g/mol. The maximum Gasteiger partial charge on any atom is 0.326 e. The first-order chi connectivity index (χ1) is 7.59. The number of hydrogen-bond donors (Lipinski definition) is 2. The molecule has 2 amide bonds. The van der Waals surface area contributed by atoms with Crippen LogP contribution in [0.5, 0.6) is 0 Å². The van der Waals surface area contributed by atoms with Gasteiger partial charge in [0.1, 0.15) is 6.04 Å². The third-order valence-electron chi connectivity index (χ3n) is 3.48. The van der Waals surface area contributed by atoms with Gasteiger partial charge in [0.05, 0.1) is 0 Å². The average Bonchev–Trinajstić information content (AvgIpc) is 2.94. The van der Waals surface area contributed by atoms with Crippen molar-refractivity contribution in [2.24, 2.45) is 5.92 Å². The topological polar surface area (TPSA) is 69.6 Å². The molecule has 0 aromatic rings. The molecule has 2 rings (SSSR count). The van der Waals surface area contributed by atoms with Gasteiger partial charge in [0, 0.05) is 12.6 Å². The lowest BCUT2D eigenvalue weighted by atomic mass is 10.2. The number of carbonyl (C=O) groups excluding carboxylic acids is 1. The summed E-state index contributed by atoms with van der Waals surface area (Å²) in [6.07, 6.45) is 3.69. The number of aliphatic carboxylic acids is 1. The van der Waals surface area contributed by atoms with Crippen molar-refractivity contribution >= 4 is 12.0 Å². The Kier molecular flexibility index (Phi) is 3.03. The lowest BCUT2D eigenvalue weighted by Crippen LogP contribution is -2.48. The first-order valence-corrected chi connectivity index (χ1v) is 5.89. The maximum atomic E-state index is 11.9. The molecule has 90 valence electrons.